The Morgan fingerprint density at radius 2 is 1.94 bits per heavy atom. The summed E-state index contributed by atoms with van der Waals surface area (Å²) in [5, 5.41) is 14.8. The molecule has 5 heteroatoms. The molecular formula is C13H24N2O3. The quantitative estimate of drug-likeness (QED) is 0.705. The van der Waals surface area contributed by atoms with Crippen molar-refractivity contribution >= 4 is 12.0 Å². The Morgan fingerprint density at radius 3 is 2.50 bits per heavy atom. The van der Waals surface area contributed by atoms with E-state index in [0.717, 1.165) is 32.1 Å². The van der Waals surface area contributed by atoms with Crippen molar-refractivity contribution in [2.24, 2.45) is 5.92 Å². The molecule has 0 aromatic rings. The van der Waals surface area contributed by atoms with Gasteiger partial charge in [-0.3, -0.25) is 4.79 Å². The molecule has 1 aliphatic carbocycles. The lowest BCUT2D eigenvalue weighted by Gasteiger charge is -2.28. The average molecular weight is 256 g/mol. The summed E-state index contributed by atoms with van der Waals surface area (Å²) in [5.74, 6) is -1.06. The molecular weight excluding hydrogens is 232 g/mol. The second-order valence-corrected chi connectivity index (χ2v) is 5.03. The second kappa shape index (κ2) is 7.24. The van der Waals surface area contributed by atoms with Gasteiger partial charge in [0.15, 0.2) is 0 Å². The van der Waals surface area contributed by atoms with Gasteiger partial charge in [0.05, 0.1) is 5.92 Å². The van der Waals surface area contributed by atoms with Gasteiger partial charge in [0.25, 0.3) is 0 Å². The highest BCUT2D eigenvalue weighted by atomic mass is 16.4. The Balaban J connectivity index is 2.37. The third kappa shape index (κ3) is 4.55. The fourth-order valence-electron chi connectivity index (χ4n) is 2.45. The van der Waals surface area contributed by atoms with Crippen molar-refractivity contribution < 1.29 is 14.7 Å². The first-order chi connectivity index (χ1) is 8.56. The third-order valence-electron chi connectivity index (χ3n) is 3.68. The molecule has 0 radical (unpaired) electrons. The zero-order valence-corrected chi connectivity index (χ0v) is 11.2. The molecule has 2 amide bonds. The van der Waals surface area contributed by atoms with Crippen LogP contribution in [0.2, 0.25) is 0 Å². The van der Waals surface area contributed by atoms with Crippen LogP contribution in [-0.4, -0.2) is 29.2 Å². The molecule has 1 rings (SSSR count). The normalized spacial score (nSPS) is 23.7. The van der Waals surface area contributed by atoms with E-state index in [-0.39, 0.29) is 24.0 Å². The van der Waals surface area contributed by atoms with E-state index in [1.165, 1.54) is 0 Å². The van der Waals surface area contributed by atoms with Crippen LogP contribution in [0.5, 0.6) is 0 Å². The number of hydrogen-bond donors (Lipinski definition) is 3. The number of rotatable bonds is 5. The van der Waals surface area contributed by atoms with E-state index in [4.69, 9.17) is 5.11 Å². The van der Waals surface area contributed by atoms with Crippen LogP contribution in [0.4, 0.5) is 4.79 Å². The van der Waals surface area contributed by atoms with Gasteiger partial charge in [-0.05, 0) is 32.1 Å². The molecule has 2 atom stereocenters. The Labute approximate surface area is 108 Å². The maximum absolute atomic E-state index is 11.7. The molecule has 0 aliphatic heterocycles. The monoisotopic (exact) mass is 256 g/mol. The predicted octanol–water partition coefficient (Wildman–Crippen LogP) is 2.12. The highest BCUT2D eigenvalue weighted by Gasteiger charge is 2.27. The Morgan fingerprint density at radius 1 is 1.28 bits per heavy atom. The topological polar surface area (TPSA) is 78.4 Å². The molecule has 2 unspecified atom stereocenters. The van der Waals surface area contributed by atoms with Crippen molar-refractivity contribution in [2.75, 3.05) is 0 Å². The van der Waals surface area contributed by atoms with E-state index in [1.54, 1.807) is 0 Å². The minimum Gasteiger partial charge on any atom is -0.481 e. The molecule has 104 valence electrons. The number of amides is 2. The molecule has 0 heterocycles. The van der Waals surface area contributed by atoms with Crippen LogP contribution in [0.15, 0.2) is 0 Å². The lowest BCUT2D eigenvalue weighted by molar-refractivity contribution is -0.143. The molecule has 3 N–H and O–H groups in total. The van der Waals surface area contributed by atoms with E-state index in [2.05, 4.69) is 10.6 Å². The number of carboxylic acids is 1. The van der Waals surface area contributed by atoms with Crippen molar-refractivity contribution in [3.05, 3.63) is 0 Å². The molecule has 0 bridgehead atoms. The lowest BCUT2D eigenvalue weighted by atomic mass is 9.86. The summed E-state index contributed by atoms with van der Waals surface area (Å²) in [6, 6.07) is 0.0258. The number of nitrogens with one attached hydrogen (secondary N) is 2. The summed E-state index contributed by atoms with van der Waals surface area (Å²) in [4.78, 5) is 22.7. The number of aliphatic carboxylic acids is 1. The average Bonchev–Trinajstić information content (AvgIpc) is 2.36. The summed E-state index contributed by atoms with van der Waals surface area (Å²) in [5.41, 5.74) is 0. The van der Waals surface area contributed by atoms with Gasteiger partial charge in [0.2, 0.25) is 0 Å². The predicted molar refractivity (Wildman–Crippen MR) is 69.4 cm³/mol. The van der Waals surface area contributed by atoms with Gasteiger partial charge in [-0.1, -0.05) is 20.3 Å². The Hall–Kier alpha value is -1.26. The van der Waals surface area contributed by atoms with Gasteiger partial charge < -0.3 is 15.7 Å². The number of hydrogen-bond acceptors (Lipinski definition) is 2. The number of carbonyl (C=O) groups is 2. The van der Waals surface area contributed by atoms with Crippen molar-refractivity contribution in [3.63, 3.8) is 0 Å². The van der Waals surface area contributed by atoms with E-state index in [9.17, 15) is 9.59 Å². The Kier molecular flexibility index (Phi) is 5.95. The van der Waals surface area contributed by atoms with Crippen molar-refractivity contribution in [1.29, 1.82) is 0 Å². The highest BCUT2D eigenvalue weighted by molar-refractivity contribution is 5.75. The fraction of sp³-hybridized carbons (Fsp3) is 0.846. The molecule has 0 aromatic carbocycles. The van der Waals surface area contributed by atoms with Crippen LogP contribution in [-0.2, 0) is 4.79 Å². The molecule has 1 aliphatic rings. The van der Waals surface area contributed by atoms with Gasteiger partial charge >= 0.3 is 12.0 Å². The zero-order valence-electron chi connectivity index (χ0n) is 11.2. The summed E-state index contributed by atoms with van der Waals surface area (Å²) >= 11 is 0. The van der Waals surface area contributed by atoms with Gasteiger partial charge in [-0.25, -0.2) is 4.79 Å². The third-order valence-corrected chi connectivity index (χ3v) is 3.68. The zero-order chi connectivity index (χ0) is 13.5. The first-order valence-corrected chi connectivity index (χ1v) is 6.86. The van der Waals surface area contributed by atoms with Gasteiger partial charge in [0, 0.05) is 12.1 Å². The number of carboxylic acid groups (broad SMARTS) is 1. The molecule has 0 aromatic heterocycles. The molecule has 18 heavy (non-hydrogen) atoms. The fourth-order valence-corrected chi connectivity index (χ4v) is 2.45. The smallest absolute Gasteiger partial charge is 0.315 e. The molecule has 1 saturated carbocycles. The number of urea groups is 1. The SMILES string of the molecule is CCC(CC)NC(=O)NC1CCCC(C(=O)O)C1. The van der Waals surface area contributed by atoms with Crippen LogP contribution >= 0.6 is 0 Å². The highest BCUT2D eigenvalue weighted by Crippen LogP contribution is 2.24. The Bertz CT molecular complexity index is 290. The first-order valence-electron chi connectivity index (χ1n) is 6.86. The summed E-state index contributed by atoms with van der Waals surface area (Å²) in [6.45, 7) is 4.07. The maximum Gasteiger partial charge on any atom is 0.315 e. The van der Waals surface area contributed by atoms with E-state index in [0.29, 0.717) is 6.42 Å². The number of carbonyl (C=O) groups excluding carboxylic acids is 1. The van der Waals surface area contributed by atoms with Crippen LogP contribution in [0.3, 0.4) is 0 Å². The molecule has 0 saturated heterocycles. The van der Waals surface area contributed by atoms with Crippen molar-refractivity contribution in [3.8, 4) is 0 Å². The molecule has 1 fully saturated rings. The van der Waals surface area contributed by atoms with Crippen LogP contribution in [0, 0.1) is 5.92 Å². The van der Waals surface area contributed by atoms with Gasteiger partial charge in [-0.2, -0.15) is 0 Å². The standard InChI is InChI=1S/C13H24N2O3/c1-3-10(4-2)14-13(18)15-11-7-5-6-9(8-11)12(16)17/h9-11H,3-8H2,1-2H3,(H,16,17)(H2,14,15,18). The van der Waals surface area contributed by atoms with Gasteiger partial charge in [0.1, 0.15) is 0 Å². The summed E-state index contributed by atoms with van der Waals surface area (Å²) in [6.07, 6.45) is 4.83. The van der Waals surface area contributed by atoms with Crippen molar-refractivity contribution in [2.45, 2.75) is 64.5 Å². The maximum atomic E-state index is 11.7. The largest absolute Gasteiger partial charge is 0.481 e. The molecule has 5 nitrogen and oxygen atoms in total. The van der Waals surface area contributed by atoms with Crippen LogP contribution in [0.1, 0.15) is 52.4 Å². The van der Waals surface area contributed by atoms with E-state index >= 15 is 0 Å². The minimum atomic E-state index is -0.748. The summed E-state index contributed by atoms with van der Waals surface area (Å²) < 4.78 is 0. The van der Waals surface area contributed by atoms with Crippen molar-refractivity contribution in [1.82, 2.24) is 10.6 Å². The molecule has 0 spiro atoms. The van der Waals surface area contributed by atoms with E-state index < -0.39 is 5.97 Å². The van der Waals surface area contributed by atoms with Gasteiger partial charge in [-0.15, -0.1) is 0 Å². The summed E-state index contributed by atoms with van der Waals surface area (Å²) in [7, 11) is 0. The second-order valence-electron chi connectivity index (χ2n) is 5.03. The minimum absolute atomic E-state index is 0.00536. The first kappa shape index (κ1) is 14.8. The van der Waals surface area contributed by atoms with Crippen LogP contribution in [0.25, 0.3) is 0 Å². The lowest BCUT2D eigenvalue weighted by Crippen LogP contribution is -2.47. The van der Waals surface area contributed by atoms with Crippen LogP contribution < -0.4 is 10.6 Å². The van der Waals surface area contributed by atoms with E-state index in [1.807, 2.05) is 13.8 Å².